The molecule has 1 aliphatic rings. The van der Waals surface area contributed by atoms with Gasteiger partial charge >= 0.3 is 41.6 Å². The first kappa shape index (κ1) is 35.6. The van der Waals surface area contributed by atoms with Gasteiger partial charge in [0.1, 0.15) is 12.7 Å². The molecule has 1 saturated heterocycles. The molecule has 1 aromatic rings. The maximum atomic E-state index is 13.4. The largest absolute Gasteiger partial charge is 0.465 e. The third kappa shape index (κ3) is 8.97. The molecule has 0 spiro atoms. The minimum absolute atomic E-state index is 0.0243. The average Bonchev–Trinajstić information content (AvgIpc) is 2.95. The molecule has 7 atom stereocenters. The number of hydrogen-bond donors (Lipinski definition) is 1. The summed E-state index contributed by atoms with van der Waals surface area (Å²) >= 11 is 0. The van der Waals surface area contributed by atoms with E-state index in [9.17, 15) is 33.6 Å². The predicted molar refractivity (Wildman–Crippen MR) is 143 cm³/mol. The van der Waals surface area contributed by atoms with Gasteiger partial charge < -0.3 is 43.2 Å². The summed E-state index contributed by atoms with van der Waals surface area (Å²) in [5, 5.41) is 2.50. The summed E-state index contributed by atoms with van der Waals surface area (Å²) in [5.41, 5.74) is 0.0243. The molecule has 1 amide bonds. The van der Waals surface area contributed by atoms with E-state index in [1.54, 1.807) is 18.2 Å². The number of carbonyl (C=O) groups excluding carboxylic acids is 7. The minimum Gasteiger partial charge on any atom is -0.465 e. The SMILES string of the molecule is COC(=O)[C@@]1(OC)O[C@@H]([C@H](OC(C)=O)[C@@H](COC(C)=O)OC(C)=O)[C@H](NC(C)=O)[C@@H](OC(C)=O)[C@@H]1OC(=O)c1ccccc1. The van der Waals surface area contributed by atoms with Gasteiger partial charge in [0.2, 0.25) is 12.0 Å². The lowest BCUT2D eigenvalue weighted by molar-refractivity contribution is -0.341. The third-order valence-corrected chi connectivity index (χ3v) is 6.14. The lowest BCUT2D eigenvalue weighted by Gasteiger charge is -2.51. The van der Waals surface area contributed by atoms with Crippen molar-refractivity contribution >= 4 is 41.7 Å². The van der Waals surface area contributed by atoms with Crippen LogP contribution in [-0.2, 0) is 66.7 Å². The normalized spacial score (nSPS) is 24.0. The number of amides is 1. The summed E-state index contributed by atoms with van der Waals surface area (Å²) in [5.74, 6) is -9.38. The highest BCUT2D eigenvalue weighted by atomic mass is 16.8. The first-order valence-electron chi connectivity index (χ1n) is 13.2. The summed E-state index contributed by atoms with van der Waals surface area (Å²) in [6, 6.07) is 5.95. The van der Waals surface area contributed by atoms with Gasteiger partial charge in [-0.15, -0.1) is 0 Å². The van der Waals surface area contributed by atoms with Crippen LogP contribution >= 0.6 is 0 Å². The summed E-state index contributed by atoms with van der Waals surface area (Å²) < 4.78 is 43.4. The molecule has 0 aliphatic carbocycles. The maximum Gasteiger partial charge on any atom is 0.370 e. The zero-order valence-corrected chi connectivity index (χ0v) is 25.2. The van der Waals surface area contributed by atoms with E-state index < -0.39 is 90.7 Å². The van der Waals surface area contributed by atoms with E-state index in [4.69, 9.17) is 37.9 Å². The Labute approximate surface area is 252 Å². The monoisotopic (exact) mass is 625 g/mol. The van der Waals surface area contributed by atoms with E-state index in [2.05, 4.69) is 5.32 Å². The Morgan fingerprint density at radius 3 is 1.93 bits per heavy atom. The number of benzene rings is 1. The van der Waals surface area contributed by atoms with E-state index in [0.717, 1.165) is 48.8 Å². The molecular weight excluding hydrogens is 590 g/mol. The molecule has 0 unspecified atom stereocenters. The van der Waals surface area contributed by atoms with Crippen LogP contribution in [0.4, 0.5) is 0 Å². The van der Waals surface area contributed by atoms with Crippen molar-refractivity contribution in [2.75, 3.05) is 20.8 Å². The molecule has 0 saturated carbocycles. The topological polar surface area (TPSA) is 205 Å². The van der Waals surface area contributed by atoms with Crippen LogP contribution in [0.15, 0.2) is 30.3 Å². The molecule has 1 N–H and O–H groups in total. The van der Waals surface area contributed by atoms with Crippen LogP contribution in [0, 0.1) is 0 Å². The van der Waals surface area contributed by atoms with Crippen molar-refractivity contribution in [1.82, 2.24) is 5.32 Å². The highest BCUT2D eigenvalue weighted by Crippen LogP contribution is 2.39. The van der Waals surface area contributed by atoms with Crippen LogP contribution in [0.3, 0.4) is 0 Å². The molecule has 1 heterocycles. The van der Waals surface area contributed by atoms with Crippen molar-refractivity contribution in [3.8, 4) is 0 Å². The van der Waals surface area contributed by atoms with Crippen molar-refractivity contribution < 1.29 is 71.5 Å². The fourth-order valence-corrected chi connectivity index (χ4v) is 4.54. The van der Waals surface area contributed by atoms with Crippen molar-refractivity contribution in [3.63, 3.8) is 0 Å². The molecule has 16 heteroatoms. The average molecular weight is 626 g/mol. The standard InChI is InChI=1S/C28H35NO15/c1-14(30)29-21-23(22(41-17(4)33)20(40-16(3)32)13-39-15(2)31)44-28(38-7,27(36)37-6)25(24(21)42-18(5)34)43-26(35)19-11-9-8-10-12-19/h8-12,20-25H,13H2,1-7H3,(H,29,30)/t20-,21+,22-,23-,24-,25+,28+/m1/s1. The zero-order valence-electron chi connectivity index (χ0n) is 25.2. The van der Waals surface area contributed by atoms with Gasteiger partial charge in [-0.3, -0.25) is 24.0 Å². The molecule has 44 heavy (non-hydrogen) atoms. The van der Waals surface area contributed by atoms with Gasteiger partial charge in [-0.25, -0.2) is 9.59 Å². The molecule has 0 aromatic heterocycles. The number of hydrogen-bond acceptors (Lipinski definition) is 15. The first-order valence-corrected chi connectivity index (χ1v) is 13.2. The van der Waals surface area contributed by atoms with E-state index >= 15 is 0 Å². The van der Waals surface area contributed by atoms with Crippen LogP contribution in [0.5, 0.6) is 0 Å². The van der Waals surface area contributed by atoms with Crippen LogP contribution in [0.25, 0.3) is 0 Å². The van der Waals surface area contributed by atoms with Crippen LogP contribution < -0.4 is 5.32 Å². The minimum atomic E-state index is -2.74. The van der Waals surface area contributed by atoms with E-state index in [-0.39, 0.29) is 5.56 Å². The Kier molecular flexibility index (Phi) is 12.8. The van der Waals surface area contributed by atoms with Gasteiger partial charge in [0.05, 0.1) is 18.7 Å². The molecule has 0 bridgehead atoms. The predicted octanol–water partition coefficient (Wildman–Crippen LogP) is -0.0106. The number of nitrogens with one attached hydrogen (secondary N) is 1. The van der Waals surface area contributed by atoms with E-state index in [1.807, 2.05) is 0 Å². The Balaban J connectivity index is 2.86. The highest BCUT2D eigenvalue weighted by molar-refractivity contribution is 5.90. The lowest BCUT2D eigenvalue weighted by Crippen LogP contribution is -2.75. The number of methoxy groups -OCH3 is 2. The van der Waals surface area contributed by atoms with Gasteiger partial charge in [-0.05, 0) is 12.1 Å². The van der Waals surface area contributed by atoms with Crippen LogP contribution in [0.1, 0.15) is 45.0 Å². The Morgan fingerprint density at radius 1 is 0.841 bits per heavy atom. The Bertz CT molecular complexity index is 1230. The van der Waals surface area contributed by atoms with Gasteiger partial charge in [0.25, 0.3) is 0 Å². The summed E-state index contributed by atoms with van der Waals surface area (Å²) in [7, 11) is 1.95. The molecule has 1 aliphatic heterocycles. The Hall–Kier alpha value is -4.57. The van der Waals surface area contributed by atoms with Gasteiger partial charge in [0.15, 0.2) is 18.3 Å². The lowest BCUT2D eigenvalue weighted by atomic mass is 9.85. The van der Waals surface area contributed by atoms with Crippen molar-refractivity contribution in [2.24, 2.45) is 0 Å². The quantitative estimate of drug-likeness (QED) is 0.239. The second-order valence-corrected chi connectivity index (χ2v) is 9.46. The molecule has 0 radical (unpaired) electrons. The van der Waals surface area contributed by atoms with Gasteiger partial charge in [0, 0.05) is 41.7 Å². The van der Waals surface area contributed by atoms with Gasteiger partial charge in [-0.2, -0.15) is 0 Å². The second-order valence-electron chi connectivity index (χ2n) is 9.46. The molecular formula is C28H35NO15. The maximum absolute atomic E-state index is 13.4. The summed E-state index contributed by atoms with van der Waals surface area (Å²) in [6.45, 7) is 4.50. The molecule has 16 nitrogen and oxygen atoms in total. The van der Waals surface area contributed by atoms with E-state index in [0.29, 0.717) is 0 Å². The van der Waals surface area contributed by atoms with Crippen molar-refractivity contribution in [1.29, 1.82) is 0 Å². The Morgan fingerprint density at radius 2 is 1.45 bits per heavy atom. The summed E-state index contributed by atoms with van der Waals surface area (Å²) in [4.78, 5) is 87.5. The van der Waals surface area contributed by atoms with Crippen LogP contribution in [-0.4, -0.2) is 105 Å². The van der Waals surface area contributed by atoms with Gasteiger partial charge in [-0.1, -0.05) is 18.2 Å². The number of carbonyl (C=O) groups is 7. The molecule has 1 fully saturated rings. The first-order chi connectivity index (χ1) is 20.7. The third-order valence-electron chi connectivity index (χ3n) is 6.14. The van der Waals surface area contributed by atoms with Crippen molar-refractivity contribution in [2.45, 2.75) is 77.0 Å². The summed E-state index contributed by atoms with van der Waals surface area (Å²) in [6.07, 6.45) is -8.89. The fourth-order valence-electron chi connectivity index (χ4n) is 4.54. The molecule has 1 aromatic carbocycles. The number of ether oxygens (including phenoxy) is 8. The van der Waals surface area contributed by atoms with E-state index in [1.165, 1.54) is 12.1 Å². The fraction of sp³-hybridized carbons (Fsp3) is 0.536. The number of esters is 6. The highest BCUT2D eigenvalue weighted by Gasteiger charge is 2.66. The second kappa shape index (κ2) is 15.8. The smallest absolute Gasteiger partial charge is 0.370 e. The van der Waals surface area contributed by atoms with Crippen LogP contribution in [0.2, 0.25) is 0 Å². The zero-order chi connectivity index (χ0) is 33.2. The molecule has 242 valence electrons. The number of rotatable bonds is 12. The van der Waals surface area contributed by atoms with Crippen molar-refractivity contribution in [3.05, 3.63) is 35.9 Å². The molecule has 2 rings (SSSR count).